The van der Waals surface area contributed by atoms with Gasteiger partial charge in [-0.1, -0.05) is 24.3 Å². The Balaban J connectivity index is 2.03. The van der Waals surface area contributed by atoms with Crippen molar-refractivity contribution >= 4 is 11.6 Å². The quantitative estimate of drug-likeness (QED) is 0.569. The minimum atomic E-state index is -0.168. The zero-order valence-electron chi connectivity index (χ0n) is 16.7. The molecule has 0 aromatic heterocycles. The van der Waals surface area contributed by atoms with E-state index in [1.165, 1.54) is 0 Å². The van der Waals surface area contributed by atoms with Crippen LogP contribution in [0.4, 0.5) is 5.69 Å². The molecule has 0 unspecified atom stereocenters. The van der Waals surface area contributed by atoms with Crippen LogP contribution >= 0.6 is 0 Å². The molecule has 27 heavy (non-hydrogen) atoms. The number of hydrogen-bond donors (Lipinski definition) is 2. The molecule has 2 aromatic carbocycles. The molecular weight excluding hydrogens is 342 g/mol. The summed E-state index contributed by atoms with van der Waals surface area (Å²) in [5.41, 5.74) is 8.74. The van der Waals surface area contributed by atoms with Crippen LogP contribution in [0.25, 0.3) is 0 Å². The van der Waals surface area contributed by atoms with Gasteiger partial charge in [0.1, 0.15) is 11.5 Å². The lowest BCUT2D eigenvalue weighted by atomic mass is 10.1. The molecular formula is C21H29N3O3. The van der Waals surface area contributed by atoms with E-state index in [1.54, 1.807) is 14.2 Å². The lowest BCUT2D eigenvalue weighted by molar-refractivity contribution is -0.0149. The highest BCUT2D eigenvalue weighted by Gasteiger charge is 2.10. The highest BCUT2D eigenvalue weighted by molar-refractivity contribution is 5.94. The summed E-state index contributed by atoms with van der Waals surface area (Å²) in [7, 11) is 3.21. The highest BCUT2D eigenvalue weighted by atomic mass is 16.5. The van der Waals surface area contributed by atoms with Crippen LogP contribution in [-0.4, -0.2) is 25.8 Å². The molecule has 0 bridgehead atoms. The van der Waals surface area contributed by atoms with Gasteiger partial charge in [0.2, 0.25) is 0 Å². The van der Waals surface area contributed by atoms with Crippen LogP contribution in [0, 0.1) is 0 Å². The number of nitrogens with one attached hydrogen (secondary N) is 1. The number of nitrogens with two attached hydrogens (primary N) is 1. The maximum atomic E-state index is 6.04. The second kappa shape index (κ2) is 9.28. The Hall–Kier alpha value is -2.73. The number of rotatable bonds is 7. The Morgan fingerprint density at radius 3 is 2.44 bits per heavy atom. The zero-order valence-corrected chi connectivity index (χ0v) is 16.7. The first-order valence-corrected chi connectivity index (χ1v) is 8.81. The molecule has 0 heterocycles. The van der Waals surface area contributed by atoms with Gasteiger partial charge in [0.15, 0.2) is 5.96 Å². The van der Waals surface area contributed by atoms with Crippen molar-refractivity contribution in [3.8, 4) is 11.5 Å². The Labute approximate surface area is 161 Å². The predicted molar refractivity (Wildman–Crippen MR) is 109 cm³/mol. The van der Waals surface area contributed by atoms with Crippen LogP contribution in [0.2, 0.25) is 0 Å². The molecule has 0 fully saturated rings. The van der Waals surface area contributed by atoms with E-state index in [-0.39, 0.29) is 5.60 Å². The fourth-order valence-corrected chi connectivity index (χ4v) is 2.38. The normalized spacial score (nSPS) is 12.0. The smallest absolute Gasteiger partial charge is 0.193 e. The molecule has 146 valence electrons. The van der Waals surface area contributed by atoms with E-state index >= 15 is 0 Å². The fraction of sp³-hybridized carbons (Fsp3) is 0.381. The van der Waals surface area contributed by atoms with Crippen molar-refractivity contribution in [2.45, 2.75) is 39.5 Å². The number of methoxy groups -OCH3 is 2. The maximum Gasteiger partial charge on any atom is 0.193 e. The average Bonchev–Trinajstić information content (AvgIpc) is 2.64. The molecule has 3 N–H and O–H groups in total. The fourth-order valence-electron chi connectivity index (χ4n) is 2.38. The molecule has 2 aromatic rings. The summed E-state index contributed by atoms with van der Waals surface area (Å²) in [6.45, 7) is 7.16. The second-order valence-corrected chi connectivity index (χ2v) is 7.11. The standard InChI is InChI=1S/C21H29N3O3/c1-21(2,3)27-14-16-8-6-7-15(11-16)13-23-20(22)24-18-12-17(25-4)9-10-19(18)26-5/h6-12H,13-14H2,1-5H3,(H3,22,23,24). The third-order valence-electron chi connectivity index (χ3n) is 3.76. The van der Waals surface area contributed by atoms with Gasteiger partial charge >= 0.3 is 0 Å². The zero-order chi connectivity index (χ0) is 19.9. The van der Waals surface area contributed by atoms with Gasteiger partial charge in [0.05, 0.1) is 38.7 Å². The molecule has 6 heteroatoms. The minimum Gasteiger partial charge on any atom is -0.497 e. The molecule has 0 saturated carbocycles. The van der Waals surface area contributed by atoms with Crippen LogP contribution < -0.4 is 20.5 Å². The molecule has 0 aliphatic carbocycles. The first-order chi connectivity index (χ1) is 12.8. The van der Waals surface area contributed by atoms with E-state index in [4.69, 9.17) is 19.9 Å². The SMILES string of the molecule is COc1ccc(OC)c(NC(N)=NCc2cccc(COC(C)(C)C)c2)c1. The monoisotopic (exact) mass is 371 g/mol. The number of hydrogen-bond acceptors (Lipinski definition) is 4. The van der Waals surface area contributed by atoms with Gasteiger partial charge in [-0.05, 0) is 44.0 Å². The van der Waals surface area contributed by atoms with Gasteiger partial charge in [-0.25, -0.2) is 4.99 Å². The Kier molecular flexibility index (Phi) is 7.07. The molecule has 0 atom stereocenters. The Morgan fingerprint density at radius 1 is 1.04 bits per heavy atom. The minimum absolute atomic E-state index is 0.168. The third kappa shape index (κ3) is 6.83. The predicted octanol–water partition coefficient (Wildman–Crippen LogP) is 3.95. The van der Waals surface area contributed by atoms with Crippen molar-refractivity contribution < 1.29 is 14.2 Å². The van der Waals surface area contributed by atoms with Crippen molar-refractivity contribution in [2.24, 2.45) is 10.7 Å². The average molecular weight is 371 g/mol. The molecule has 0 aliphatic rings. The Morgan fingerprint density at radius 2 is 1.78 bits per heavy atom. The summed E-state index contributed by atoms with van der Waals surface area (Å²) in [5.74, 6) is 1.67. The van der Waals surface area contributed by atoms with Gasteiger partial charge in [-0.15, -0.1) is 0 Å². The van der Waals surface area contributed by atoms with Crippen molar-refractivity contribution in [1.29, 1.82) is 0 Å². The van der Waals surface area contributed by atoms with Gasteiger partial charge in [-0.3, -0.25) is 0 Å². The number of anilines is 1. The maximum absolute atomic E-state index is 6.04. The van der Waals surface area contributed by atoms with E-state index in [2.05, 4.69) is 16.4 Å². The van der Waals surface area contributed by atoms with Gasteiger partial charge in [0, 0.05) is 6.07 Å². The molecule has 0 amide bonds. The van der Waals surface area contributed by atoms with Crippen molar-refractivity contribution in [3.05, 3.63) is 53.6 Å². The summed E-state index contributed by atoms with van der Waals surface area (Å²) in [5, 5.41) is 3.06. The van der Waals surface area contributed by atoms with Crippen molar-refractivity contribution in [1.82, 2.24) is 0 Å². The molecule has 6 nitrogen and oxygen atoms in total. The number of aliphatic imine (C=N–C) groups is 1. The van der Waals surface area contributed by atoms with Crippen LogP contribution in [0.5, 0.6) is 11.5 Å². The number of benzene rings is 2. The largest absolute Gasteiger partial charge is 0.497 e. The van der Waals surface area contributed by atoms with Crippen LogP contribution in [0.15, 0.2) is 47.5 Å². The second-order valence-electron chi connectivity index (χ2n) is 7.11. The summed E-state index contributed by atoms with van der Waals surface area (Å²) < 4.78 is 16.4. The number of ether oxygens (including phenoxy) is 3. The number of guanidine groups is 1. The van der Waals surface area contributed by atoms with Crippen molar-refractivity contribution in [2.75, 3.05) is 19.5 Å². The topological polar surface area (TPSA) is 78.1 Å². The van der Waals surface area contributed by atoms with Crippen LogP contribution in [-0.2, 0) is 17.9 Å². The number of nitrogens with zero attached hydrogens (tertiary/aromatic N) is 1. The summed E-state index contributed by atoms with van der Waals surface area (Å²) in [6, 6.07) is 13.6. The summed E-state index contributed by atoms with van der Waals surface area (Å²) in [6.07, 6.45) is 0. The van der Waals surface area contributed by atoms with E-state index < -0.39 is 0 Å². The molecule has 0 radical (unpaired) electrons. The third-order valence-corrected chi connectivity index (χ3v) is 3.76. The first-order valence-electron chi connectivity index (χ1n) is 8.81. The van der Waals surface area contributed by atoms with Gasteiger partial charge in [-0.2, -0.15) is 0 Å². The van der Waals surface area contributed by atoms with Crippen LogP contribution in [0.3, 0.4) is 0 Å². The Bertz CT molecular complexity index is 782. The lowest BCUT2D eigenvalue weighted by Crippen LogP contribution is -2.23. The molecule has 0 aliphatic heterocycles. The summed E-state index contributed by atoms with van der Waals surface area (Å²) in [4.78, 5) is 4.42. The molecule has 0 saturated heterocycles. The van der Waals surface area contributed by atoms with E-state index in [0.717, 1.165) is 11.1 Å². The molecule has 2 rings (SSSR count). The van der Waals surface area contributed by atoms with E-state index in [0.29, 0.717) is 36.3 Å². The summed E-state index contributed by atoms with van der Waals surface area (Å²) >= 11 is 0. The molecule has 0 spiro atoms. The van der Waals surface area contributed by atoms with E-state index in [1.807, 2.05) is 57.2 Å². The highest BCUT2D eigenvalue weighted by Crippen LogP contribution is 2.28. The lowest BCUT2D eigenvalue weighted by Gasteiger charge is -2.19. The van der Waals surface area contributed by atoms with Gasteiger partial charge in [0.25, 0.3) is 0 Å². The van der Waals surface area contributed by atoms with Gasteiger partial charge < -0.3 is 25.3 Å². The van der Waals surface area contributed by atoms with Crippen molar-refractivity contribution in [3.63, 3.8) is 0 Å². The van der Waals surface area contributed by atoms with Crippen LogP contribution in [0.1, 0.15) is 31.9 Å². The first kappa shape index (κ1) is 20.6. The van der Waals surface area contributed by atoms with E-state index in [9.17, 15) is 0 Å².